The smallest absolute Gasteiger partial charge is 0.233 e. The number of pyridine rings is 1. The summed E-state index contributed by atoms with van der Waals surface area (Å²) < 4.78 is 3.75. The van der Waals surface area contributed by atoms with Gasteiger partial charge in [0.15, 0.2) is 0 Å². The Morgan fingerprint density at radius 2 is 2.10 bits per heavy atom. The number of nitrogens with zero attached hydrogens (tertiary/aromatic N) is 6. The van der Waals surface area contributed by atoms with Gasteiger partial charge in [-0.3, -0.25) is 9.55 Å². The maximum atomic E-state index is 6.02. The molecule has 1 saturated carbocycles. The van der Waals surface area contributed by atoms with Crippen LogP contribution in [0.2, 0.25) is 5.02 Å². The molecule has 4 aromatic rings. The minimum Gasteiger partial charge on any atom is -0.285 e. The molecule has 0 atom stereocenters. The van der Waals surface area contributed by atoms with E-state index in [9.17, 15) is 0 Å². The van der Waals surface area contributed by atoms with Gasteiger partial charge in [-0.25, -0.2) is 14.7 Å². The summed E-state index contributed by atoms with van der Waals surface area (Å²) in [5.74, 6) is 0.561. The molecule has 1 aliphatic rings. The van der Waals surface area contributed by atoms with Gasteiger partial charge in [0.2, 0.25) is 5.95 Å². The van der Waals surface area contributed by atoms with Gasteiger partial charge in [0, 0.05) is 29.4 Å². The number of aliphatic imine (C=N–C) groups is 1. The fourth-order valence-electron chi connectivity index (χ4n) is 3.88. The molecule has 0 aliphatic heterocycles. The van der Waals surface area contributed by atoms with Crippen LogP contribution in [0, 0.1) is 0 Å². The monoisotopic (exact) mass is 402 g/mol. The molecule has 0 bridgehead atoms. The van der Waals surface area contributed by atoms with Crippen molar-refractivity contribution in [3.8, 4) is 0 Å². The van der Waals surface area contributed by atoms with Crippen molar-refractivity contribution in [1.29, 1.82) is 0 Å². The van der Waals surface area contributed by atoms with Crippen LogP contribution in [0.25, 0.3) is 22.8 Å². The number of rotatable bonds is 5. The molecule has 0 unspecified atom stereocenters. The second-order valence-electron chi connectivity index (χ2n) is 7.34. The lowest BCUT2D eigenvalue weighted by molar-refractivity contribution is 0.782. The molecular formula is C22H19ClN6. The van der Waals surface area contributed by atoms with Crippen LogP contribution in [0.5, 0.6) is 0 Å². The van der Waals surface area contributed by atoms with E-state index in [2.05, 4.69) is 51.0 Å². The number of allylic oxidation sites excluding steroid dienone is 1. The summed E-state index contributed by atoms with van der Waals surface area (Å²) >= 11 is 6.02. The summed E-state index contributed by atoms with van der Waals surface area (Å²) in [5, 5.41) is 6.01. The number of aromatic nitrogens is 5. The van der Waals surface area contributed by atoms with E-state index in [4.69, 9.17) is 11.6 Å². The standard InChI is InChI=1S/C22H19ClN6/c1-15(29-14-18(23)11-27-29)13-28-20(12-26-21(28)24-2)22(7-8-22)17-5-6-19-16(10-17)4-3-9-25-19/h3-6,9-14H,2,7-8H2,1H3/b15-13+. The summed E-state index contributed by atoms with van der Waals surface area (Å²) in [7, 11) is 0. The molecule has 0 radical (unpaired) electrons. The van der Waals surface area contributed by atoms with E-state index in [0.29, 0.717) is 11.0 Å². The van der Waals surface area contributed by atoms with Crippen LogP contribution >= 0.6 is 11.6 Å². The lowest BCUT2D eigenvalue weighted by Crippen LogP contribution is -2.13. The molecular weight excluding hydrogens is 384 g/mol. The molecule has 29 heavy (non-hydrogen) atoms. The maximum absolute atomic E-state index is 6.02. The van der Waals surface area contributed by atoms with E-state index in [1.165, 1.54) is 5.56 Å². The summed E-state index contributed by atoms with van der Waals surface area (Å²) in [6.07, 6.45) is 11.2. The fourth-order valence-corrected chi connectivity index (χ4v) is 4.02. The van der Waals surface area contributed by atoms with Crippen molar-refractivity contribution >= 4 is 47.1 Å². The number of imidazole rings is 1. The second kappa shape index (κ2) is 6.67. The largest absolute Gasteiger partial charge is 0.285 e. The zero-order valence-corrected chi connectivity index (χ0v) is 16.7. The van der Waals surface area contributed by atoms with Crippen molar-refractivity contribution in [3.63, 3.8) is 0 Å². The SMILES string of the molecule is C=Nc1ncc(C2(c3ccc4ncccc4c3)CC2)n1/C=C(\C)n1cc(Cl)cn1. The highest BCUT2D eigenvalue weighted by atomic mass is 35.5. The van der Waals surface area contributed by atoms with Crippen molar-refractivity contribution in [2.45, 2.75) is 25.2 Å². The lowest BCUT2D eigenvalue weighted by Gasteiger charge is -2.18. The van der Waals surface area contributed by atoms with Crippen molar-refractivity contribution < 1.29 is 0 Å². The Kier molecular flexibility index (Phi) is 4.10. The van der Waals surface area contributed by atoms with Gasteiger partial charge in [-0.05, 0) is 50.2 Å². The minimum atomic E-state index is -0.0848. The highest BCUT2D eigenvalue weighted by Gasteiger charge is 2.48. The summed E-state index contributed by atoms with van der Waals surface area (Å²) in [5.41, 5.74) is 4.18. The minimum absolute atomic E-state index is 0.0848. The molecule has 0 spiro atoms. The predicted octanol–water partition coefficient (Wildman–Crippen LogP) is 5.17. The summed E-state index contributed by atoms with van der Waals surface area (Å²) in [4.78, 5) is 13.1. The van der Waals surface area contributed by atoms with Crippen molar-refractivity contribution in [2.24, 2.45) is 4.99 Å². The molecule has 144 valence electrons. The first kappa shape index (κ1) is 17.8. The van der Waals surface area contributed by atoms with Crippen LogP contribution in [0.3, 0.4) is 0 Å². The molecule has 0 saturated heterocycles. The predicted molar refractivity (Wildman–Crippen MR) is 117 cm³/mol. The number of hydrogen-bond acceptors (Lipinski definition) is 4. The van der Waals surface area contributed by atoms with E-state index in [0.717, 1.165) is 35.1 Å². The summed E-state index contributed by atoms with van der Waals surface area (Å²) in [6.45, 7) is 5.66. The van der Waals surface area contributed by atoms with Gasteiger partial charge < -0.3 is 0 Å². The third-order valence-electron chi connectivity index (χ3n) is 5.54. The topological polar surface area (TPSA) is 60.9 Å². The van der Waals surface area contributed by atoms with Crippen molar-refractivity contribution in [1.82, 2.24) is 24.3 Å². The first-order valence-corrected chi connectivity index (χ1v) is 9.77. The van der Waals surface area contributed by atoms with Crippen LogP contribution in [0.15, 0.2) is 60.1 Å². The third kappa shape index (κ3) is 2.96. The van der Waals surface area contributed by atoms with E-state index in [1.807, 2.05) is 36.2 Å². The highest BCUT2D eigenvalue weighted by Crippen LogP contribution is 2.54. The van der Waals surface area contributed by atoms with Gasteiger partial charge >= 0.3 is 0 Å². The highest BCUT2D eigenvalue weighted by molar-refractivity contribution is 6.30. The molecule has 3 aromatic heterocycles. The molecule has 1 aromatic carbocycles. The zero-order chi connectivity index (χ0) is 20.0. The van der Waals surface area contributed by atoms with Crippen LogP contribution in [-0.4, -0.2) is 31.0 Å². The van der Waals surface area contributed by atoms with Gasteiger partial charge in [-0.15, -0.1) is 0 Å². The quantitative estimate of drug-likeness (QED) is 0.433. The Balaban J connectivity index is 1.62. The fraction of sp³-hybridized carbons (Fsp3) is 0.182. The Labute approximate surface area is 173 Å². The van der Waals surface area contributed by atoms with E-state index in [-0.39, 0.29) is 5.41 Å². The van der Waals surface area contributed by atoms with E-state index >= 15 is 0 Å². The first-order chi connectivity index (χ1) is 14.1. The van der Waals surface area contributed by atoms with E-state index < -0.39 is 0 Å². The molecule has 1 fully saturated rings. The van der Waals surface area contributed by atoms with Gasteiger partial charge in [-0.1, -0.05) is 23.7 Å². The van der Waals surface area contributed by atoms with Gasteiger partial charge in [0.1, 0.15) is 0 Å². The molecule has 3 heterocycles. The molecule has 6 nitrogen and oxygen atoms in total. The molecule has 5 rings (SSSR count). The number of halogens is 1. The van der Waals surface area contributed by atoms with E-state index in [1.54, 1.807) is 17.1 Å². The van der Waals surface area contributed by atoms with Crippen LogP contribution in [0.4, 0.5) is 5.95 Å². The third-order valence-corrected chi connectivity index (χ3v) is 5.74. The maximum Gasteiger partial charge on any atom is 0.233 e. The molecule has 7 heteroatoms. The zero-order valence-electron chi connectivity index (χ0n) is 16.0. The van der Waals surface area contributed by atoms with Gasteiger partial charge in [0.05, 0.1) is 34.3 Å². The average molecular weight is 403 g/mol. The number of hydrogen-bond donors (Lipinski definition) is 0. The van der Waals surface area contributed by atoms with Crippen LogP contribution in [-0.2, 0) is 5.41 Å². The Morgan fingerprint density at radius 1 is 1.24 bits per heavy atom. The number of fused-ring (bicyclic) bond motifs is 1. The average Bonchev–Trinajstić information content (AvgIpc) is 3.26. The Bertz CT molecular complexity index is 1260. The summed E-state index contributed by atoms with van der Waals surface area (Å²) in [6, 6.07) is 10.6. The number of benzene rings is 1. The van der Waals surface area contributed by atoms with Crippen LogP contribution < -0.4 is 0 Å². The van der Waals surface area contributed by atoms with Gasteiger partial charge in [0.25, 0.3) is 0 Å². The molecule has 1 aliphatic carbocycles. The lowest BCUT2D eigenvalue weighted by atomic mass is 9.91. The van der Waals surface area contributed by atoms with Crippen LogP contribution in [0.1, 0.15) is 31.0 Å². The Hall–Kier alpha value is -3.25. The molecule has 0 N–H and O–H groups in total. The Morgan fingerprint density at radius 3 is 2.83 bits per heavy atom. The first-order valence-electron chi connectivity index (χ1n) is 9.39. The normalized spacial score (nSPS) is 15.6. The van der Waals surface area contributed by atoms with Crippen molar-refractivity contribution in [2.75, 3.05) is 0 Å². The van der Waals surface area contributed by atoms with Crippen molar-refractivity contribution in [3.05, 3.63) is 71.4 Å². The van der Waals surface area contributed by atoms with Gasteiger partial charge in [-0.2, -0.15) is 5.10 Å². The molecule has 0 amide bonds. The second-order valence-corrected chi connectivity index (χ2v) is 7.77.